The number of urea groups is 1. The van der Waals surface area contributed by atoms with Gasteiger partial charge in [0.2, 0.25) is 0 Å². The Balaban J connectivity index is 1.54. The summed E-state index contributed by atoms with van der Waals surface area (Å²) in [6.45, 7) is 1.45. The lowest BCUT2D eigenvalue weighted by Crippen LogP contribution is -2.35. The van der Waals surface area contributed by atoms with Crippen LogP contribution in [0.4, 0.5) is 10.5 Å². The molecule has 26 heavy (non-hydrogen) atoms. The maximum Gasteiger partial charge on any atom is 0.319 e. The van der Waals surface area contributed by atoms with E-state index in [1.54, 1.807) is 44.8 Å². The van der Waals surface area contributed by atoms with Crippen LogP contribution < -0.4 is 10.6 Å². The average Bonchev–Trinajstić information content (AvgIpc) is 3.16. The molecule has 0 bridgehead atoms. The molecule has 2 aromatic rings. The fraction of sp³-hybridized carbons (Fsp3) is 0.389. The number of anilines is 1. The van der Waals surface area contributed by atoms with E-state index in [0.717, 1.165) is 19.4 Å². The summed E-state index contributed by atoms with van der Waals surface area (Å²) in [6.07, 6.45) is 7.64. The first-order chi connectivity index (χ1) is 12.4. The largest absolute Gasteiger partial charge is 0.345 e. The molecule has 138 valence electrons. The van der Waals surface area contributed by atoms with Crippen LogP contribution in [0.25, 0.3) is 0 Å². The number of hydrogen-bond donors (Lipinski definition) is 2. The molecule has 8 heteroatoms. The Morgan fingerprint density at radius 1 is 1.35 bits per heavy atom. The molecule has 3 amide bonds. The Morgan fingerprint density at radius 3 is 2.69 bits per heavy atom. The maximum atomic E-state index is 12.2. The number of benzene rings is 1. The van der Waals surface area contributed by atoms with E-state index < -0.39 is 0 Å². The molecule has 1 aromatic heterocycles. The first kappa shape index (κ1) is 18.3. The SMILES string of the molecule is CN(C)C(=O)c1ccc(NC(=O)NCC2(Cn3ccnc3)CC2)cc1Cl. The molecule has 0 spiro atoms. The lowest BCUT2D eigenvalue weighted by atomic mass is 10.1. The summed E-state index contributed by atoms with van der Waals surface area (Å²) in [7, 11) is 3.32. The molecule has 1 aromatic carbocycles. The topological polar surface area (TPSA) is 79.3 Å². The van der Waals surface area contributed by atoms with Crippen LogP contribution >= 0.6 is 11.6 Å². The van der Waals surface area contributed by atoms with Gasteiger partial charge in [-0.25, -0.2) is 9.78 Å². The van der Waals surface area contributed by atoms with Crippen LogP contribution in [-0.4, -0.2) is 47.0 Å². The minimum atomic E-state index is -0.287. The summed E-state index contributed by atoms with van der Waals surface area (Å²) in [5.74, 6) is -0.179. The summed E-state index contributed by atoms with van der Waals surface area (Å²) in [6, 6.07) is 4.57. The van der Waals surface area contributed by atoms with Crippen molar-refractivity contribution in [2.24, 2.45) is 5.41 Å². The molecule has 1 heterocycles. The van der Waals surface area contributed by atoms with E-state index >= 15 is 0 Å². The lowest BCUT2D eigenvalue weighted by molar-refractivity contribution is 0.0828. The van der Waals surface area contributed by atoms with Gasteiger partial charge in [-0.1, -0.05) is 11.6 Å². The summed E-state index contributed by atoms with van der Waals surface area (Å²) in [5.41, 5.74) is 1.06. The van der Waals surface area contributed by atoms with E-state index in [2.05, 4.69) is 15.6 Å². The Labute approximate surface area is 157 Å². The van der Waals surface area contributed by atoms with Crippen molar-refractivity contribution in [3.63, 3.8) is 0 Å². The van der Waals surface area contributed by atoms with E-state index in [1.165, 1.54) is 4.90 Å². The van der Waals surface area contributed by atoms with Crippen LogP contribution in [-0.2, 0) is 6.54 Å². The Kier molecular flexibility index (Phi) is 5.18. The lowest BCUT2D eigenvalue weighted by Gasteiger charge is -2.17. The molecule has 0 saturated heterocycles. The number of carbonyl (C=O) groups excluding carboxylic acids is 2. The van der Waals surface area contributed by atoms with Gasteiger partial charge in [0.25, 0.3) is 5.91 Å². The van der Waals surface area contributed by atoms with Crippen molar-refractivity contribution in [3.05, 3.63) is 47.5 Å². The molecule has 2 N–H and O–H groups in total. The van der Waals surface area contributed by atoms with Crippen molar-refractivity contribution in [2.45, 2.75) is 19.4 Å². The highest BCUT2D eigenvalue weighted by Gasteiger charge is 2.43. The first-order valence-electron chi connectivity index (χ1n) is 8.40. The molecule has 7 nitrogen and oxygen atoms in total. The number of nitrogens with one attached hydrogen (secondary N) is 2. The fourth-order valence-corrected chi connectivity index (χ4v) is 3.05. The average molecular weight is 376 g/mol. The summed E-state index contributed by atoms with van der Waals surface area (Å²) in [5, 5.41) is 5.98. The van der Waals surface area contributed by atoms with Gasteiger partial charge in [0, 0.05) is 50.7 Å². The highest BCUT2D eigenvalue weighted by Crippen LogP contribution is 2.46. The third-order valence-corrected chi connectivity index (χ3v) is 4.83. The number of nitrogens with zero attached hydrogens (tertiary/aromatic N) is 3. The maximum absolute atomic E-state index is 12.2. The highest BCUT2D eigenvalue weighted by molar-refractivity contribution is 6.34. The van der Waals surface area contributed by atoms with Gasteiger partial charge in [-0.2, -0.15) is 0 Å². The van der Waals surface area contributed by atoms with Crippen molar-refractivity contribution >= 4 is 29.2 Å². The zero-order chi connectivity index (χ0) is 18.7. The van der Waals surface area contributed by atoms with Gasteiger partial charge in [0.05, 0.1) is 16.9 Å². The van der Waals surface area contributed by atoms with E-state index in [-0.39, 0.29) is 17.4 Å². The molecular formula is C18H22ClN5O2. The van der Waals surface area contributed by atoms with Gasteiger partial charge in [-0.3, -0.25) is 4.79 Å². The quantitative estimate of drug-likeness (QED) is 0.814. The normalized spacial score (nSPS) is 14.6. The zero-order valence-electron chi connectivity index (χ0n) is 14.8. The van der Waals surface area contributed by atoms with E-state index in [4.69, 9.17) is 11.6 Å². The molecular weight excluding hydrogens is 354 g/mol. The van der Waals surface area contributed by atoms with Crippen LogP contribution in [0, 0.1) is 5.41 Å². The van der Waals surface area contributed by atoms with Gasteiger partial charge < -0.3 is 20.1 Å². The van der Waals surface area contributed by atoms with Crippen LogP contribution in [0.2, 0.25) is 5.02 Å². The second-order valence-electron chi connectivity index (χ2n) is 6.94. The summed E-state index contributed by atoms with van der Waals surface area (Å²) >= 11 is 6.16. The van der Waals surface area contributed by atoms with Gasteiger partial charge in [0.15, 0.2) is 0 Å². The highest BCUT2D eigenvalue weighted by atomic mass is 35.5. The number of imidazole rings is 1. The van der Waals surface area contributed by atoms with Crippen molar-refractivity contribution in [2.75, 3.05) is 26.0 Å². The van der Waals surface area contributed by atoms with Crippen LogP contribution in [0.15, 0.2) is 36.9 Å². The number of hydrogen-bond acceptors (Lipinski definition) is 3. The molecule has 1 aliphatic rings. The predicted octanol–water partition coefficient (Wildman–Crippen LogP) is 2.84. The molecule has 3 rings (SSSR count). The van der Waals surface area contributed by atoms with E-state index in [9.17, 15) is 9.59 Å². The third-order valence-electron chi connectivity index (χ3n) is 4.52. The van der Waals surface area contributed by atoms with Crippen LogP contribution in [0.1, 0.15) is 23.2 Å². The van der Waals surface area contributed by atoms with Gasteiger partial charge in [0.1, 0.15) is 0 Å². The number of carbonyl (C=O) groups is 2. The number of aromatic nitrogens is 2. The minimum absolute atomic E-state index is 0.109. The monoisotopic (exact) mass is 375 g/mol. The van der Waals surface area contributed by atoms with Crippen LogP contribution in [0.3, 0.4) is 0 Å². The summed E-state index contributed by atoms with van der Waals surface area (Å²) in [4.78, 5) is 29.7. The molecule has 0 aliphatic heterocycles. The molecule has 0 radical (unpaired) electrons. The van der Waals surface area contributed by atoms with Crippen LogP contribution in [0.5, 0.6) is 0 Å². The Hall–Kier alpha value is -2.54. The first-order valence-corrected chi connectivity index (χ1v) is 8.78. The van der Waals surface area contributed by atoms with Crippen molar-refractivity contribution in [1.29, 1.82) is 0 Å². The number of rotatable bonds is 6. The Bertz CT molecular complexity index is 800. The molecule has 1 aliphatic carbocycles. The fourth-order valence-electron chi connectivity index (χ4n) is 2.79. The minimum Gasteiger partial charge on any atom is -0.345 e. The predicted molar refractivity (Wildman–Crippen MR) is 100 cm³/mol. The third kappa shape index (κ3) is 4.35. The second kappa shape index (κ2) is 7.37. The number of halogens is 1. The van der Waals surface area contributed by atoms with Gasteiger partial charge >= 0.3 is 6.03 Å². The van der Waals surface area contributed by atoms with E-state index in [0.29, 0.717) is 22.8 Å². The van der Waals surface area contributed by atoms with Crippen molar-refractivity contribution < 1.29 is 9.59 Å². The zero-order valence-corrected chi connectivity index (χ0v) is 15.6. The number of amides is 3. The smallest absolute Gasteiger partial charge is 0.319 e. The molecule has 0 unspecified atom stereocenters. The van der Waals surface area contributed by atoms with Crippen molar-refractivity contribution in [1.82, 2.24) is 19.8 Å². The second-order valence-corrected chi connectivity index (χ2v) is 7.34. The van der Waals surface area contributed by atoms with E-state index in [1.807, 2.05) is 10.8 Å². The molecule has 0 atom stereocenters. The van der Waals surface area contributed by atoms with Gasteiger partial charge in [-0.15, -0.1) is 0 Å². The standard InChI is InChI=1S/C18H22ClN5O2/c1-23(2)16(25)14-4-3-13(9-15(14)19)22-17(26)21-10-18(5-6-18)11-24-8-7-20-12-24/h3-4,7-9,12H,5-6,10-11H2,1-2H3,(H2,21,22,26). The van der Waals surface area contributed by atoms with Gasteiger partial charge in [-0.05, 0) is 31.0 Å². The summed E-state index contributed by atoms with van der Waals surface area (Å²) < 4.78 is 2.03. The van der Waals surface area contributed by atoms with Crippen molar-refractivity contribution in [3.8, 4) is 0 Å². The molecule has 1 fully saturated rings. The Morgan fingerprint density at radius 2 is 2.12 bits per heavy atom. The molecule has 1 saturated carbocycles.